The summed E-state index contributed by atoms with van der Waals surface area (Å²) in [6, 6.07) is 12.3. The molecule has 4 nitrogen and oxygen atoms in total. The van der Waals surface area contributed by atoms with E-state index in [4.69, 9.17) is 16.6 Å². The monoisotopic (exact) mass is 397 g/mol. The zero-order chi connectivity index (χ0) is 18.4. The van der Waals surface area contributed by atoms with Crippen molar-refractivity contribution in [1.82, 2.24) is 14.9 Å². The Balaban J connectivity index is 1.31. The van der Waals surface area contributed by atoms with Crippen molar-refractivity contribution in [2.24, 2.45) is 0 Å². The van der Waals surface area contributed by atoms with Crippen LogP contribution in [0.3, 0.4) is 0 Å². The molecule has 5 rings (SSSR count). The third-order valence-corrected chi connectivity index (χ3v) is 6.67. The van der Waals surface area contributed by atoms with E-state index in [1.54, 1.807) is 11.3 Å². The van der Waals surface area contributed by atoms with Gasteiger partial charge in [-0.15, -0.1) is 11.3 Å². The fraction of sp³-hybridized carbons (Fsp3) is 0.333. The largest absolute Gasteiger partial charge is 0.310 e. The van der Waals surface area contributed by atoms with Crippen LogP contribution in [0.4, 0.5) is 0 Å². The van der Waals surface area contributed by atoms with Crippen molar-refractivity contribution >= 4 is 22.9 Å². The second kappa shape index (κ2) is 6.89. The highest BCUT2D eigenvalue weighted by Gasteiger charge is 2.29. The van der Waals surface area contributed by atoms with Crippen molar-refractivity contribution in [1.29, 1.82) is 0 Å². The highest BCUT2D eigenvalue weighted by molar-refractivity contribution is 7.15. The Bertz CT molecular complexity index is 1040. The van der Waals surface area contributed by atoms with E-state index in [1.165, 1.54) is 15.3 Å². The fourth-order valence-electron chi connectivity index (χ4n) is 3.64. The third-order valence-electron chi connectivity index (χ3n) is 5.30. The van der Waals surface area contributed by atoms with Crippen LogP contribution in [-0.4, -0.2) is 21.4 Å². The Morgan fingerprint density at radius 2 is 2.00 bits per heavy atom. The first kappa shape index (κ1) is 17.2. The van der Waals surface area contributed by atoms with Crippen LogP contribution in [0.25, 0.3) is 10.4 Å². The molecule has 6 heteroatoms. The predicted molar refractivity (Wildman–Crippen MR) is 109 cm³/mol. The summed E-state index contributed by atoms with van der Waals surface area (Å²) in [6.07, 6.45) is 3.17. The Kier molecular flexibility index (Phi) is 4.38. The first-order chi connectivity index (χ1) is 13.2. The average Bonchev–Trinajstić information content (AvgIpc) is 3.42. The minimum Gasteiger partial charge on any atom is -0.310 e. The Morgan fingerprint density at radius 3 is 2.78 bits per heavy atom. The SMILES string of the molecule is O=c1[nH]c(C2CC2)nc2c1CN(Cc1ccc(-c3ccc(Cl)cc3)s1)CC2. The van der Waals surface area contributed by atoms with Crippen LogP contribution in [0.1, 0.15) is 40.7 Å². The first-order valence-corrected chi connectivity index (χ1v) is 10.5. The molecule has 0 amide bonds. The van der Waals surface area contributed by atoms with Crippen molar-refractivity contribution in [2.75, 3.05) is 6.54 Å². The molecule has 0 radical (unpaired) electrons. The van der Waals surface area contributed by atoms with E-state index in [1.807, 2.05) is 12.1 Å². The van der Waals surface area contributed by atoms with Gasteiger partial charge in [-0.25, -0.2) is 4.98 Å². The van der Waals surface area contributed by atoms with Gasteiger partial charge in [0.1, 0.15) is 5.82 Å². The summed E-state index contributed by atoms with van der Waals surface area (Å²) < 4.78 is 0. The zero-order valence-corrected chi connectivity index (χ0v) is 16.4. The number of halogens is 1. The van der Waals surface area contributed by atoms with Crippen LogP contribution in [0, 0.1) is 0 Å². The molecule has 1 aromatic carbocycles. The van der Waals surface area contributed by atoms with E-state index < -0.39 is 0 Å². The number of fused-ring (bicyclic) bond motifs is 1. The van der Waals surface area contributed by atoms with Crippen molar-refractivity contribution in [2.45, 2.75) is 38.3 Å². The summed E-state index contributed by atoms with van der Waals surface area (Å²) in [5, 5.41) is 0.756. The highest BCUT2D eigenvalue weighted by Crippen LogP contribution is 2.38. The number of nitrogens with one attached hydrogen (secondary N) is 1. The van der Waals surface area contributed by atoms with Crippen LogP contribution in [0.15, 0.2) is 41.2 Å². The summed E-state index contributed by atoms with van der Waals surface area (Å²) in [5.41, 5.74) is 3.09. The van der Waals surface area contributed by atoms with E-state index in [-0.39, 0.29) is 5.56 Å². The fourth-order valence-corrected chi connectivity index (χ4v) is 4.82. The number of H-pyrrole nitrogens is 1. The molecular formula is C21H20ClN3OS. The molecule has 3 aromatic rings. The number of rotatable bonds is 4. The van der Waals surface area contributed by atoms with Gasteiger partial charge in [0.25, 0.3) is 5.56 Å². The van der Waals surface area contributed by atoms with Crippen molar-refractivity contribution < 1.29 is 0 Å². The Labute approximate surface area is 166 Å². The van der Waals surface area contributed by atoms with E-state index in [0.717, 1.165) is 54.5 Å². The predicted octanol–water partition coefficient (Wildman–Crippen LogP) is 4.59. The van der Waals surface area contributed by atoms with Crippen molar-refractivity contribution in [3.8, 4) is 10.4 Å². The van der Waals surface area contributed by atoms with Gasteiger partial charge >= 0.3 is 0 Å². The number of hydrogen-bond acceptors (Lipinski definition) is 4. The number of thiophene rings is 1. The molecule has 27 heavy (non-hydrogen) atoms. The van der Waals surface area contributed by atoms with Gasteiger partial charge in [-0.1, -0.05) is 23.7 Å². The normalized spacial score (nSPS) is 17.1. The van der Waals surface area contributed by atoms with E-state index in [0.29, 0.717) is 12.5 Å². The second-order valence-electron chi connectivity index (χ2n) is 7.38. The van der Waals surface area contributed by atoms with E-state index in [2.05, 4.69) is 34.1 Å². The lowest BCUT2D eigenvalue weighted by molar-refractivity contribution is 0.243. The zero-order valence-electron chi connectivity index (χ0n) is 14.9. The summed E-state index contributed by atoms with van der Waals surface area (Å²) >= 11 is 7.78. The molecule has 0 spiro atoms. The molecular weight excluding hydrogens is 378 g/mol. The van der Waals surface area contributed by atoms with Crippen molar-refractivity contribution in [3.63, 3.8) is 0 Å². The number of benzene rings is 1. The molecule has 1 N–H and O–H groups in total. The van der Waals surface area contributed by atoms with Crippen LogP contribution in [0.2, 0.25) is 5.02 Å². The van der Waals surface area contributed by atoms with Crippen LogP contribution in [-0.2, 0) is 19.5 Å². The quantitative estimate of drug-likeness (QED) is 0.700. The van der Waals surface area contributed by atoms with Crippen LogP contribution >= 0.6 is 22.9 Å². The summed E-state index contributed by atoms with van der Waals surface area (Å²) in [4.78, 5) is 25.1. The maximum atomic E-state index is 12.5. The topological polar surface area (TPSA) is 49.0 Å². The lowest BCUT2D eigenvalue weighted by Gasteiger charge is -2.27. The molecule has 1 aliphatic heterocycles. The van der Waals surface area contributed by atoms with Gasteiger partial charge < -0.3 is 4.98 Å². The summed E-state index contributed by atoms with van der Waals surface area (Å²) in [6.45, 7) is 2.49. The van der Waals surface area contributed by atoms with Gasteiger partial charge in [0.2, 0.25) is 0 Å². The number of aromatic amines is 1. The molecule has 138 valence electrons. The van der Waals surface area contributed by atoms with Gasteiger partial charge in [-0.3, -0.25) is 9.69 Å². The van der Waals surface area contributed by atoms with Crippen LogP contribution < -0.4 is 5.56 Å². The molecule has 2 aliphatic rings. The molecule has 1 aliphatic carbocycles. The van der Waals surface area contributed by atoms with Gasteiger partial charge in [-0.2, -0.15) is 0 Å². The number of aromatic nitrogens is 2. The first-order valence-electron chi connectivity index (χ1n) is 9.35. The van der Waals surface area contributed by atoms with Gasteiger partial charge in [0, 0.05) is 46.7 Å². The average molecular weight is 398 g/mol. The third kappa shape index (κ3) is 3.59. The number of nitrogens with zero attached hydrogens (tertiary/aromatic N) is 2. The van der Waals surface area contributed by atoms with Crippen LogP contribution in [0.5, 0.6) is 0 Å². The maximum absolute atomic E-state index is 12.5. The molecule has 3 heterocycles. The molecule has 0 unspecified atom stereocenters. The minimum absolute atomic E-state index is 0.0552. The molecule has 0 saturated heterocycles. The molecule has 0 atom stereocenters. The summed E-state index contributed by atoms with van der Waals surface area (Å²) in [5.74, 6) is 1.39. The van der Waals surface area contributed by atoms with Gasteiger partial charge in [0.15, 0.2) is 0 Å². The lowest BCUT2D eigenvalue weighted by Crippen LogP contribution is -2.35. The molecule has 2 aromatic heterocycles. The van der Waals surface area contributed by atoms with E-state index >= 15 is 0 Å². The maximum Gasteiger partial charge on any atom is 0.255 e. The number of hydrogen-bond donors (Lipinski definition) is 1. The van der Waals surface area contributed by atoms with Crippen molar-refractivity contribution in [3.05, 3.63) is 73.7 Å². The molecule has 1 saturated carbocycles. The summed E-state index contributed by atoms with van der Waals surface area (Å²) in [7, 11) is 0. The second-order valence-corrected chi connectivity index (χ2v) is 8.99. The smallest absolute Gasteiger partial charge is 0.255 e. The standard InChI is InChI=1S/C21H20ClN3OS/c22-15-5-3-13(4-6-15)19-8-7-16(27-19)11-25-10-9-18-17(12-25)21(26)24-20(23-18)14-1-2-14/h3-8,14H,1-2,9-12H2,(H,23,24,26). The Morgan fingerprint density at radius 1 is 1.19 bits per heavy atom. The Hall–Kier alpha value is -1.95. The highest BCUT2D eigenvalue weighted by atomic mass is 35.5. The van der Waals surface area contributed by atoms with E-state index in [9.17, 15) is 4.79 Å². The molecule has 1 fully saturated rings. The van der Waals surface area contributed by atoms with Gasteiger partial charge in [-0.05, 0) is 42.7 Å². The van der Waals surface area contributed by atoms with Gasteiger partial charge in [0.05, 0.1) is 11.3 Å². The molecule has 0 bridgehead atoms. The lowest BCUT2D eigenvalue weighted by atomic mass is 10.1. The minimum atomic E-state index is 0.0552.